The Morgan fingerprint density at radius 1 is 1.45 bits per heavy atom. The van der Waals surface area contributed by atoms with Crippen LogP contribution in [-0.4, -0.2) is 41.3 Å². The lowest BCUT2D eigenvalue weighted by Crippen LogP contribution is -2.41. The van der Waals surface area contributed by atoms with E-state index in [9.17, 15) is 9.59 Å². The third-order valence-electron chi connectivity index (χ3n) is 3.55. The van der Waals surface area contributed by atoms with Crippen molar-refractivity contribution in [2.45, 2.75) is 26.7 Å². The van der Waals surface area contributed by atoms with Crippen LogP contribution in [0, 0.1) is 12.8 Å². The first-order valence-electron chi connectivity index (χ1n) is 6.74. The normalized spacial score (nSPS) is 16.2. The number of amides is 2. The number of nitrogens with one attached hydrogen (secondary N) is 1. The number of nitrogen functional groups attached to an aromatic ring is 1. The number of aryl methyl sites for hydroxylation is 1. The maximum Gasteiger partial charge on any atom is 0.265 e. The second-order valence-corrected chi connectivity index (χ2v) is 6.17. The summed E-state index contributed by atoms with van der Waals surface area (Å²) in [5, 5.41) is 3.27. The van der Waals surface area contributed by atoms with Crippen LogP contribution < -0.4 is 11.1 Å². The molecule has 1 aromatic rings. The van der Waals surface area contributed by atoms with Gasteiger partial charge in [0.2, 0.25) is 5.91 Å². The van der Waals surface area contributed by atoms with E-state index in [2.05, 4.69) is 10.3 Å². The summed E-state index contributed by atoms with van der Waals surface area (Å²) in [5.74, 6) is 0.476. The van der Waals surface area contributed by atoms with Crippen molar-refractivity contribution in [3.63, 3.8) is 0 Å². The molecular weight excluding hydrogens is 276 g/mol. The molecule has 0 spiro atoms. The van der Waals surface area contributed by atoms with Gasteiger partial charge >= 0.3 is 0 Å². The molecule has 2 rings (SSSR count). The minimum Gasteiger partial charge on any atom is -0.375 e. The minimum atomic E-state index is -0.000680. The Morgan fingerprint density at radius 3 is 2.60 bits per heavy atom. The van der Waals surface area contributed by atoms with Crippen LogP contribution in [0.3, 0.4) is 0 Å². The summed E-state index contributed by atoms with van der Waals surface area (Å²) in [6.45, 7) is 5.48. The fourth-order valence-corrected chi connectivity index (χ4v) is 3.19. The predicted octanol–water partition coefficient (Wildman–Crippen LogP) is 1.02. The number of thiazole rings is 1. The zero-order chi connectivity index (χ0) is 14.7. The van der Waals surface area contributed by atoms with E-state index in [1.165, 1.54) is 18.3 Å². The number of hydrogen-bond donors (Lipinski definition) is 2. The molecule has 1 aliphatic heterocycles. The lowest BCUT2D eigenvalue weighted by Gasteiger charge is -2.31. The highest BCUT2D eigenvalue weighted by atomic mass is 32.1. The number of rotatable bonds is 3. The summed E-state index contributed by atoms with van der Waals surface area (Å²) >= 11 is 1.25. The van der Waals surface area contributed by atoms with E-state index in [0.29, 0.717) is 28.2 Å². The molecular formula is C13H20N4O2S. The van der Waals surface area contributed by atoms with Crippen molar-refractivity contribution >= 4 is 28.3 Å². The quantitative estimate of drug-likeness (QED) is 0.871. The lowest BCUT2D eigenvalue weighted by molar-refractivity contribution is -0.119. The number of anilines is 1. The average molecular weight is 296 g/mol. The van der Waals surface area contributed by atoms with Gasteiger partial charge in [0.15, 0.2) is 5.13 Å². The van der Waals surface area contributed by atoms with E-state index in [1.807, 2.05) is 11.8 Å². The van der Waals surface area contributed by atoms with Crippen LogP contribution in [0.25, 0.3) is 0 Å². The van der Waals surface area contributed by atoms with Crippen molar-refractivity contribution in [1.29, 1.82) is 0 Å². The van der Waals surface area contributed by atoms with Crippen LogP contribution in [-0.2, 0) is 4.79 Å². The van der Waals surface area contributed by atoms with Gasteiger partial charge in [0.05, 0.1) is 5.69 Å². The smallest absolute Gasteiger partial charge is 0.265 e. The van der Waals surface area contributed by atoms with E-state index in [-0.39, 0.29) is 11.8 Å². The Bertz CT molecular complexity index is 506. The molecule has 6 nitrogen and oxygen atoms in total. The van der Waals surface area contributed by atoms with Gasteiger partial charge in [-0.2, -0.15) is 0 Å². The number of piperidine rings is 1. The van der Waals surface area contributed by atoms with E-state index in [4.69, 9.17) is 5.73 Å². The zero-order valence-corrected chi connectivity index (χ0v) is 12.6. The van der Waals surface area contributed by atoms with E-state index >= 15 is 0 Å². The number of hydrogen-bond acceptors (Lipinski definition) is 5. The van der Waals surface area contributed by atoms with Crippen molar-refractivity contribution < 1.29 is 9.59 Å². The van der Waals surface area contributed by atoms with E-state index < -0.39 is 0 Å². The van der Waals surface area contributed by atoms with Gasteiger partial charge in [-0.25, -0.2) is 4.98 Å². The van der Waals surface area contributed by atoms with Gasteiger partial charge in [-0.3, -0.25) is 9.59 Å². The number of carbonyl (C=O) groups is 2. The Morgan fingerprint density at radius 2 is 2.10 bits per heavy atom. The third kappa shape index (κ3) is 3.47. The molecule has 20 heavy (non-hydrogen) atoms. The molecule has 2 amide bonds. The number of likely N-dealkylation sites (tertiary alicyclic amines) is 1. The summed E-state index contributed by atoms with van der Waals surface area (Å²) in [5.41, 5.74) is 6.34. The molecule has 0 radical (unpaired) electrons. The van der Waals surface area contributed by atoms with Crippen LogP contribution in [0.5, 0.6) is 0 Å². The molecule has 1 fully saturated rings. The van der Waals surface area contributed by atoms with Gasteiger partial charge in [-0.15, -0.1) is 0 Å². The Hall–Kier alpha value is -1.63. The lowest BCUT2D eigenvalue weighted by atomic mass is 9.96. The Labute approximate surface area is 122 Å². The Balaban J connectivity index is 1.89. The fourth-order valence-electron chi connectivity index (χ4n) is 2.39. The van der Waals surface area contributed by atoms with E-state index in [0.717, 1.165) is 25.9 Å². The summed E-state index contributed by atoms with van der Waals surface area (Å²) in [4.78, 5) is 29.9. The highest BCUT2D eigenvalue weighted by Gasteiger charge is 2.26. The highest BCUT2D eigenvalue weighted by Crippen LogP contribution is 2.24. The maximum atomic E-state index is 12.4. The van der Waals surface area contributed by atoms with Gasteiger partial charge in [-0.1, -0.05) is 11.3 Å². The van der Waals surface area contributed by atoms with Gasteiger partial charge in [-0.05, 0) is 25.7 Å². The number of nitrogens with two attached hydrogens (primary N) is 1. The monoisotopic (exact) mass is 296 g/mol. The van der Waals surface area contributed by atoms with Gasteiger partial charge in [0.25, 0.3) is 5.91 Å². The second-order valence-electron chi connectivity index (χ2n) is 5.14. The molecule has 0 aromatic carbocycles. The molecule has 1 saturated heterocycles. The molecule has 0 saturated carbocycles. The number of aromatic nitrogens is 1. The van der Waals surface area contributed by atoms with Crippen LogP contribution >= 0.6 is 11.3 Å². The van der Waals surface area contributed by atoms with Crippen molar-refractivity contribution in [2.24, 2.45) is 5.92 Å². The maximum absolute atomic E-state index is 12.4. The van der Waals surface area contributed by atoms with Crippen molar-refractivity contribution in [2.75, 3.05) is 25.4 Å². The van der Waals surface area contributed by atoms with Crippen LogP contribution in [0.1, 0.15) is 35.1 Å². The molecule has 2 heterocycles. The molecule has 0 bridgehead atoms. The molecule has 0 aliphatic carbocycles. The Kier molecular flexibility index (Phi) is 4.59. The minimum absolute atomic E-state index is 0.000680. The topological polar surface area (TPSA) is 88.3 Å². The molecule has 3 N–H and O–H groups in total. The summed E-state index contributed by atoms with van der Waals surface area (Å²) in [7, 11) is 0. The summed E-state index contributed by atoms with van der Waals surface area (Å²) in [6.07, 6.45) is 1.83. The average Bonchev–Trinajstić information content (AvgIpc) is 2.75. The molecule has 110 valence electrons. The number of nitrogens with zero attached hydrogens (tertiary/aromatic N) is 2. The first-order chi connectivity index (χ1) is 9.47. The zero-order valence-electron chi connectivity index (χ0n) is 11.8. The largest absolute Gasteiger partial charge is 0.375 e. The molecule has 0 atom stereocenters. The van der Waals surface area contributed by atoms with Gasteiger partial charge in [0.1, 0.15) is 4.88 Å². The van der Waals surface area contributed by atoms with Crippen molar-refractivity contribution in [1.82, 2.24) is 15.2 Å². The van der Waals surface area contributed by atoms with Crippen molar-refractivity contribution in [3.8, 4) is 0 Å². The first-order valence-corrected chi connectivity index (χ1v) is 7.55. The van der Waals surface area contributed by atoms with Crippen molar-refractivity contribution in [3.05, 3.63) is 10.6 Å². The van der Waals surface area contributed by atoms with Crippen LogP contribution in [0.4, 0.5) is 5.13 Å². The third-order valence-corrected chi connectivity index (χ3v) is 4.52. The molecule has 0 unspecified atom stereocenters. The SMILES string of the molecule is CC(=O)NCC1CCN(C(=O)c2sc(N)nc2C)CC1. The first kappa shape index (κ1) is 14.8. The van der Waals surface area contributed by atoms with Gasteiger partial charge in [0, 0.05) is 26.6 Å². The number of carbonyl (C=O) groups excluding carboxylic acids is 2. The fraction of sp³-hybridized carbons (Fsp3) is 0.615. The van der Waals surface area contributed by atoms with Crippen LogP contribution in [0.15, 0.2) is 0 Å². The predicted molar refractivity (Wildman–Crippen MR) is 78.6 cm³/mol. The molecule has 1 aliphatic rings. The van der Waals surface area contributed by atoms with E-state index in [1.54, 1.807) is 0 Å². The molecule has 7 heteroatoms. The molecule has 1 aromatic heterocycles. The highest BCUT2D eigenvalue weighted by molar-refractivity contribution is 7.17. The summed E-state index contributed by atoms with van der Waals surface area (Å²) < 4.78 is 0. The standard InChI is InChI=1S/C13H20N4O2S/c1-8-11(20-13(14)16-8)12(19)17-5-3-10(4-6-17)7-15-9(2)18/h10H,3-7H2,1-2H3,(H2,14,16)(H,15,18). The van der Waals surface area contributed by atoms with Crippen LogP contribution in [0.2, 0.25) is 0 Å². The second kappa shape index (κ2) is 6.21. The van der Waals surface area contributed by atoms with Gasteiger partial charge < -0.3 is 16.0 Å². The summed E-state index contributed by atoms with van der Waals surface area (Å²) in [6, 6.07) is 0.